The van der Waals surface area contributed by atoms with Gasteiger partial charge in [-0.3, -0.25) is 14.4 Å². The summed E-state index contributed by atoms with van der Waals surface area (Å²) in [5, 5.41) is 10.3. The van der Waals surface area contributed by atoms with Crippen LogP contribution in [-0.2, 0) is 14.4 Å². The maximum atomic E-state index is 11.8. The summed E-state index contributed by atoms with van der Waals surface area (Å²) in [4.78, 5) is 34.4. The maximum absolute atomic E-state index is 11.8. The summed E-state index contributed by atoms with van der Waals surface area (Å²) in [6.07, 6.45) is 0. The minimum absolute atomic E-state index is 0.0434. The Labute approximate surface area is 204 Å². The fourth-order valence-corrected chi connectivity index (χ4v) is 2.36. The number of amides is 1. The summed E-state index contributed by atoms with van der Waals surface area (Å²) in [6, 6.07) is 0. The van der Waals surface area contributed by atoms with Crippen LogP contribution in [0.3, 0.4) is 0 Å². The van der Waals surface area contributed by atoms with E-state index in [4.69, 9.17) is 5.11 Å². The van der Waals surface area contributed by atoms with Crippen molar-refractivity contribution < 1.29 is 19.5 Å². The van der Waals surface area contributed by atoms with Crippen LogP contribution in [0.15, 0.2) is 0 Å². The molecule has 0 fully saturated rings. The van der Waals surface area contributed by atoms with E-state index in [2.05, 4.69) is 63.7 Å². The Balaban J connectivity index is -0.000000347. The van der Waals surface area contributed by atoms with Crippen LogP contribution in [-0.4, -0.2) is 55.7 Å². The maximum Gasteiger partial charge on any atom is 0.309 e. The minimum Gasteiger partial charge on any atom is -0.481 e. The number of halogens is 4. The number of carbonyl (C=O) groups excluding carboxylic acids is 2. The molecule has 0 radical (unpaired) electrons. The molecule has 0 aliphatic rings. The van der Waals surface area contributed by atoms with Crippen molar-refractivity contribution in [3.8, 4) is 0 Å². The lowest BCUT2D eigenvalue weighted by molar-refractivity contribution is -0.145. The molecule has 5 nitrogen and oxygen atoms in total. The summed E-state index contributed by atoms with van der Waals surface area (Å²) in [5.41, 5.74) is -1.16. The second-order valence-electron chi connectivity index (χ2n) is 8.11. The van der Waals surface area contributed by atoms with Crippen molar-refractivity contribution in [3.63, 3.8) is 0 Å². The summed E-state index contributed by atoms with van der Waals surface area (Å²) in [6.45, 7) is 16.6. The highest BCUT2D eigenvalue weighted by atomic mass is 79.9. The average Bonchev–Trinajstić information content (AvgIpc) is 2.63. The Morgan fingerprint density at radius 1 is 0.750 bits per heavy atom. The van der Waals surface area contributed by atoms with Gasteiger partial charge in [0.15, 0.2) is 0 Å². The third kappa shape index (κ3) is 13.7. The van der Waals surface area contributed by atoms with Gasteiger partial charge in [0.25, 0.3) is 0 Å². The van der Waals surface area contributed by atoms with E-state index in [0.29, 0.717) is 10.7 Å². The van der Waals surface area contributed by atoms with Crippen LogP contribution < -0.4 is 0 Å². The minimum atomic E-state index is -0.769. The number of alkyl halides is 3. The van der Waals surface area contributed by atoms with Crippen molar-refractivity contribution in [1.29, 1.82) is 0 Å². The summed E-state index contributed by atoms with van der Waals surface area (Å²) in [5.74, 6) is -0.543. The molecule has 28 heavy (non-hydrogen) atoms. The molecule has 0 aromatic rings. The lowest BCUT2D eigenvalue weighted by Crippen LogP contribution is -2.41. The summed E-state index contributed by atoms with van der Waals surface area (Å²) >= 11 is 12.5. The first-order valence-electron chi connectivity index (χ1n) is 8.91. The van der Waals surface area contributed by atoms with Crippen molar-refractivity contribution >= 4 is 80.3 Å². The van der Waals surface area contributed by atoms with Crippen LogP contribution in [0.25, 0.3) is 0 Å². The molecule has 0 bridgehead atoms. The van der Waals surface area contributed by atoms with Crippen LogP contribution >= 0.6 is 63.7 Å². The molecule has 168 valence electrons. The molecule has 9 heteroatoms. The zero-order chi connectivity index (χ0) is 23.3. The van der Waals surface area contributed by atoms with E-state index in [-0.39, 0.29) is 21.4 Å². The van der Waals surface area contributed by atoms with Gasteiger partial charge < -0.3 is 10.0 Å². The predicted molar refractivity (Wildman–Crippen MR) is 132 cm³/mol. The van der Waals surface area contributed by atoms with Crippen molar-refractivity contribution in [2.45, 2.75) is 55.4 Å². The van der Waals surface area contributed by atoms with Gasteiger partial charge in [-0.05, 0) is 43.6 Å². The van der Waals surface area contributed by atoms with E-state index in [1.54, 1.807) is 13.8 Å². The van der Waals surface area contributed by atoms with E-state index in [9.17, 15) is 14.4 Å². The second-order valence-corrected chi connectivity index (χ2v) is 10.5. The normalized spacial score (nSPS) is 11.4. The first-order chi connectivity index (χ1) is 12.5. The van der Waals surface area contributed by atoms with Gasteiger partial charge in [0, 0.05) is 34.5 Å². The second kappa shape index (κ2) is 15.3. The van der Waals surface area contributed by atoms with Crippen LogP contribution in [0.5, 0.6) is 0 Å². The largest absolute Gasteiger partial charge is 0.481 e. The van der Waals surface area contributed by atoms with Gasteiger partial charge in [-0.15, -0.1) is 0 Å². The number of aliphatic carboxylic acids is 1. The molecule has 0 unspecified atom stereocenters. The zero-order valence-corrected chi connectivity index (χ0v) is 24.5. The van der Waals surface area contributed by atoms with Gasteiger partial charge in [0.05, 0.1) is 10.8 Å². The number of rotatable bonds is 8. The number of carboxylic acids is 1. The zero-order valence-electron chi connectivity index (χ0n) is 18.2. The molecule has 0 rings (SSSR count). The van der Waals surface area contributed by atoms with Crippen molar-refractivity contribution in [1.82, 2.24) is 4.90 Å². The Kier molecular flexibility index (Phi) is 18.2. The van der Waals surface area contributed by atoms with Crippen molar-refractivity contribution in [3.05, 3.63) is 0 Å². The lowest BCUT2D eigenvalue weighted by atomic mass is 9.94. The van der Waals surface area contributed by atoms with Crippen LogP contribution in [0, 0.1) is 16.2 Å². The predicted octanol–water partition coefficient (Wildman–Crippen LogP) is 6.10. The number of carbonyl (C=O) groups is 3. The van der Waals surface area contributed by atoms with Crippen LogP contribution in [0.1, 0.15) is 55.4 Å². The molecule has 0 aromatic carbocycles. The summed E-state index contributed by atoms with van der Waals surface area (Å²) < 4.78 is 0.0434. The Hall–Kier alpha value is 0.530. The van der Waals surface area contributed by atoms with E-state index >= 15 is 0 Å². The number of nitrogens with zero attached hydrogens (tertiary/aromatic N) is 1. The SMILES string of the molecule is CC(C)(CBr)C(=O)Br.CC(C)(CBr)C(=O)O.CCN(CC)C(=O)C(C)(C)CBr. The highest BCUT2D eigenvalue weighted by molar-refractivity contribution is 9.18. The molecular formula is C19H35Br4NO4. The molecule has 0 saturated carbocycles. The quantitative estimate of drug-likeness (QED) is 0.252. The first-order valence-corrected chi connectivity index (χ1v) is 13.1. The number of hydrogen-bond donors (Lipinski definition) is 1. The van der Waals surface area contributed by atoms with Gasteiger partial charge >= 0.3 is 5.97 Å². The lowest BCUT2D eigenvalue weighted by Gasteiger charge is -2.28. The molecule has 0 aliphatic heterocycles. The van der Waals surface area contributed by atoms with E-state index < -0.39 is 11.4 Å². The van der Waals surface area contributed by atoms with Gasteiger partial charge in [0.2, 0.25) is 10.6 Å². The van der Waals surface area contributed by atoms with Crippen LogP contribution in [0.2, 0.25) is 0 Å². The smallest absolute Gasteiger partial charge is 0.309 e. The third-order valence-electron chi connectivity index (χ3n) is 3.74. The van der Waals surface area contributed by atoms with E-state index in [0.717, 1.165) is 18.4 Å². The molecule has 0 aliphatic carbocycles. The standard InChI is InChI=1S/C9H18BrNO.C5H8Br2O.C5H9BrO2/c1-5-11(6-2)8(12)9(3,4)7-10;2*1-5(2,3-6)4(7)8/h5-7H2,1-4H3;3H2,1-2H3;3H2,1-2H3,(H,7,8). The third-order valence-corrected chi connectivity index (χ3v) is 9.02. The highest BCUT2D eigenvalue weighted by Crippen LogP contribution is 2.22. The van der Waals surface area contributed by atoms with Crippen molar-refractivity contribution in [2.24, 2.45) is 16.2 Å². The Bertz CT molecular complexity index is 464. The Morgan fingerprint density at radius 2 is 1.07 bits per heavy atom. The Morgan fingerprint density at radius 3 is 1.18 bits per heavy atom. The topological polar surface area (TPSA) is 74.7 Å². The molecule has 0 spiro atoms. The monoisotopic (exact) mass is 657 g/mol. The molecule has 0 aromatic heterocycles. The highest BCUT2D eigenvalue weighted by Gasteiger charge is 2.29. The number of carboxylic acid groups (broad SMARTS) is 1. The molecule has 0 saturated heterocycles. The average molecular weight is 661 g/mol. The fourth-order valence-electron chi connectivity index (χ4n) is 1.11. The first kappa shape index (κ1) is 33.2. The summed E-state index contributed by atoms with van der Waals surface area (Å²) in [7, 11) is 0. The molecule has 1 N–H and O–H groups in total. The molecule has 0 atom stereocenters. The number of hydrogen-bond acceptors (Lipinski definition) is 3. The van der Waals surface area contributed by atoms with E-state index in [1.807, 2.05) is 46.4 Å². The van der Waals surface area contributed by atoms with Crippen molar-refractivity contribution in [2.75, 3.05) is 29.1 Å². The van der Waals surface area contributed by atoms with Gasteiger partial charge in [-0.2, -0.15) is 0 Å². The molecule has 1 amide bonds. The molecular weight excluding hydrogens is 626 g/mol. The van der Waals surface area contributed by atoms with Gasteiger partial charge in [-0.1, -0.05) is 75.5 Å². The van der Waals surface area contributed by atoms with E-state index in [1.165, 1.54) is 0 Å². The molecule has 0 heterocycles. The fraction of sp³-hybridized carbons (Fsp3) is 0.842. The van der Waals surface area contributed by atoms with Crippen LogP contribution in [0.4, 0.5) is 0 Å². The van der Waals surface area contributed by atoms with Gasteiger partial charge in [0.1, 0.15) is 0 Å². The van der Waals surface area contributed by atoms with Gasteiger partial charge in [-0.25, -0.2) is 0 Å².